The number of nitrogens with one attached hydrogen (secondary N) is 2. The number of hydrogen-bond donors (Lipinski definition) is 2. The number of benzene rings is 2. The normalized spacial score (nSPS) is 15.4. The van der Waals surface area contributed by atoms with Crippen LogP contribution >= 0.6 is 24.0 Å². The van der Waals surface area contributed by atoms with Gasteiger partial charge in [-0.2, -0.15) is 0 Å². The number of aliphatic imine (C=N–C) groups is 1. The van der Waals surface area contributed by atoms with Crippen LogP contribution in [0.3, 0.4) is 0 Å². The predicted octanol–water partition coefficient (Wildman–Crippen LogP) is 4.04. The predicted molar refractivity (Wildman–Crippen MR) is 135 cm³/mol. The van der Waals surface area contributed by atoms with E-state index in [1.165, 1.54) is 11.1 Å². The van der Waals surface area contributed by atoms with Crippen LogP contribution in [0.1, 0.15) is 30.4 Å². The summed E-state index contributed by atoms with van der Waals surface area (Å²) in [5, 5.41) is 6.71. The van der Waals surface area contributed by atoms with E-state index >= 15 is 0 Å². The van der Waals surface area contributed by atoms with Crippen molar-refractivity contribution in [2.45, 2.75) is 38.5 Å². The molecule has 2 aromatic carbocycles. The molecule has 1 fully saturated rings. The zero-order chi connectivity index (χ0) is 20.2. The summed E-state index contributed by atoms with van der Waals surface area (Å²) in [5.74, 6) is 0.836. The van der Waals surface area contributed by atoms with Crippen LogP contribution < -0.4 is 10.6 Å². The Balaban J connectivity index is 0.00000320. The van der Waals surface area contributed by atoms with Crippen LogP contribution in [0.2, 0.25) is 0 Å². The van der Waals surface area contributed by atoms with Crippen molar-refractivity contribution in [2.75, 3.05) is 33.3 Å². The first-order chi connectivity index (χ1) is 14.3. The molecule has 6 heteroatoms. The Morgan fingerprint density at radius 2 is 1.60 bits per heavy atom. The summed E-state index contributed by atoms with van der Waals surface area (Å²) in [7, 11) is 1.81. The minimum atomic E-state index is 0. The molecule has 0 spiro atoms. The van der Waals surface area contributed by atoms with Gasteiger partial charge in [-0.15, -0.1) is 24.0 Å². The SMILES string of the molecule is CN=C(NCCCOC1CCN(Cc2ccccc2)CC1)NCc1ccccc1.I. The molecule has 2 N–H and O–H groups in total. The molecule has 0 aliphatic carbocycles. The van der Waals surface area contributed by atoms with E-state index in [2.05, 4.69) is 75.1 Å². The summed E-state index contributed by atoms with van der Waals surface area (Å²) in [6, 6.07) is 21.1. The van der Waals surface area contributed by atoms with E-state index in [0.29, 0.717) is 6.10 Å². The molecule has 1 heterocycles. The zero-order valence-electron chi connectivity index (χ0n) is 17.9. The Labute approximate surface area is 198 Å². The number of guanidine groups is 1. The molecule has 0 amide bonds. The third-order valence-electron chi connectivity index (χ3n) is 5.28. The van der Waals surface area contributed by atoms with Crippen molar-refractivity contribution in [3.8, 4) is 0 Å². The minimum Gasteiger partial charge on any atom is -0.378 e. The summed E-state index contributed by atoms with van der Waals surface area (Å²) in [6.45, 7) is 5.72. The van der Waals surface area contributed by atoms with Crippen LogP contribution in [0.5, 0.6) is 0 Å². The Morgan fingerprint density at radius 3 is 2.23 bits per heavy atom. The van der Waals surface area contributed by atoms with Gasteiger partial charge in [-0.1, -0.05) is 60.7 Å². The molecule has 0 unspecified atom stereocenters. The fraction of sp³-hybridized carbons (Fsp3) is 0.458. The summed E-state index contributed by atoms with van der Waals surface area (Å²) in [4.78, 5) is 6.81. The molecule has 0 saturated carbocycles. The second-order valence-corrected chi connectivity index (χ2v) is 7.52. The lowest BCUT2D eigenvalue weighted by Gasteiger charge is -2.32. The molecule has 0 radical (unpaired) electrons. The van der Waals surface area contributed by atoms with E-state index in [1.807, 2.05) is 6.07 Å². The van der Waals surface area contributed by atoms with Crippen molar-refractivity contribution >= 4 is 29.9 Å². The van der Waals surface area contributed by atoms with E-state index in [0.717, 1.165) is 64.6 Å². The summed E-state index contributed by atoms with van der Waals surface area (Å²) >= 11 is 0. The minimum absolute atomic E-state index is 0. The molecule has 0 aromatic heterocycles. The zero-order valence-corrected chi connectivity index (χ0v) is 20.3. The van der Waals surface area contributed by atoms with Crippen LogP contribution in [0.4, 0.5) is 0 Å². The third-order valence-corrected chi connectivity index (χ3v) is 5.28. The second-order valence-electron chi connectivity index (χ2n) is 7.52. The van der Waals surface area contributed by atoms with Gasteiger partial charge in [-0.3, -0.25) is 9.89 Å². The first-order valence-electron chi connectivity index (χ1n) is 10.7. The molecule has 5 nitrogen and oxygen atoms in total. The molecule has 1 aliphatic rings. The number of likely N-dealkylation sites (tertiary alicyclic amines) is 1. The summed E-state index contributed by atoms with van der Waals surface area (Å²) in [5.41, 5.74) is 2.64. The molecule has 1 aliphatic heterocycles. The first-order valence-corrected chi connectivity index (χ1v) is 10.7. The average Bonchev–Trinajstić information content (AvgIpc) is 2.78. The first kappa shape index (κ1) is 24.6. The quantitative estimate of drug-likeness (QED) is 0.226. The average molecular weight is 522 g/mol. The van der Waals surface area contributed by atoms with Crippen LogP contribution in [0.25, 0.3) is 0 Å². The Hall–Kier alpha value is -1.64. The van der Waals surface area contributed by atoms with Gasteiger partial charge in [0.05, 0.1) is 6.10 Å². The second kappa shape index (κ2) is 14.4. The van der Waals surface area contributed by atoms with Gasteiger partial charge < -0.3 is 15.4 Å². The summed E-state index contributed by atoms with van der Waals surface area (Å²) in [6.07, 6.45) is 3.63. The molecular formula is C24H35IN4O. The van der Waals surface area contributed by atoms with Crippen LogP contribution in [-0.2, 0) is 17.8 Å². The van der Waals surface area contributed by atoms with Gasteiger partial charge in [0, 0.05) is 46.4 Å². The highest BCUT2D eigenvalue weighted by Gasteiger charge is 2.19. The molecule has 0 atom stereocenters. The topological polar surface area (TPSA) is 48.9 Å². The van der Waals surface area contributed by atoms with Crippen LogP contribution in [0.15, 0.2) is 65.7 Å². The number of halogens is 1. The van der Waals surface area contributed by atoms with Gasteiger partial charge >= 0.3 is 0 Å². The molecule has 30 heavy (non-hydrogen) atoms. The summed E-state index contributed by atoms with van der Waals surface area (Å²) < 4.78 is 6.10. The maximum absolute atomic E-state index is 6.10. The fourth-order valence-electron chi connectivity index (χ4n) is 3.61. The highest BCUT2D eigenvalue weighted by atomic mass is 127. The van der Waals surface area contributed by atoms with Gasteiger partial charge in [0.15, 0.2) is 5.96 Å². The van der Waals surface area contributed by atoms with Crippen LogP contribution in [-0.4, -0.2) is 50.3 Å². The van der Waals surface area contributed by atoms with Gasteiger partial charge in [0.2, 0.25) is 0 Å². The molecule has 1 saturated heterocycles. The molecular weight excluding hydrogens is 487 g/mol. The highest BCUT2D eigenvalue weighted by Crippen LogP contribution is 2.16. The van der Waals surface area contributed by atoms with E-state index in [9.17, 15) is 0 Å². The number of ether oxygens (including phenoxy) is 1. The van der Waals surface area contributed by atoms with Crippen molar-refractivity contribution < 1.29 is 4.74 Å². The fourth-order valence-corrected chi connectivity index (χ4v) is 3.61. The molecule has 164 valence electrons. The smallest absolute Gasteiger partial charge is 0.191 e. The number of nitrogens with zero attached hydrogens (tertiary/aromatic N) is 2. The lowest BCUT2D eigenvalue weighted by atomic mass is 10.1. The van der Waals surface area contributed by atoms with Crippen molar-refractivity contribution in [3.63, 3.8) is 0 Å². The van der Waals surface area contributed by atoms with Gasteiger partial charge in [-0.25, -0.2) is 0 Å². The Morgan fingerprint density at radius 1 is 0.967 bits per heavy atom. The molecule has 0 bridgehead atoms. The molecule has 2 aromatic rings. The Bertz CT molecular complexity index is 719. The van der Waals surface area contributed by atoms with Gasteiger partial charge in [0.25, 0.3) is 0 Å². The highest BCUT2D eigenvalue weighted by molar-refractivity contribution is 14.0. The van der Waals surface area contributed by atoms with Crippen molar-refractivity contribution in [1.29, 1.82) is 0 Å². The maximum atomic E-state index is 6.10. The lowest BCUT2D eigenvalue weighted by Crippen LogP contribution is -2.38. The van der Waals surface area contributed by atoms with Crippen molar-refractivity contribution in [2.24, 2.45) is 4.99 Å². The number of rotatable bonds is 9. The van der Waals surface area contributed by atoms with Crippen molar-refractivity contribution in [1.82, 2.24) is 15.5 Å². The molecule has 3 rings (SSSR count). The monoisotopic (exact) mass is 522 g/mol. The van der Waals surface area contributed by atoms with Crippen molar-refractivity contribution in [3.05, 3.63) is 71.8 Å². The van der Waals surface area contributed by atoms with Gasteiger partial charge in [0.1, 0.15) is 0 Å². The maximum Gasteiger partial charge on any atom is 0.191 e. The largest absolute Gasteiger partial charge is 0.378 e. The van der Waals surface area contributed by atoms with E-state index in [4.69, 9.17) is 4.74 Å². The lowest BCUT2D eigenvalue weighted by molar-refractivity contribution is 0.00534. The van der Waals surface area contributed by atoms with E-state index in [-0.39, 0.29) is 24.0 Å². The van der Waals surface area contributed by atoms with Crippen LogP contribution in [0, 0.1) is 0 Å². The Kier molecular flexibility index (Phi) is 11.8. The third kappa shape index (κ3) is 9.02. The number of hydrogen-bond acceptors (Lipinski definition) is 3. The standard InChI is InChI=1S/C24H34N4O.HI/c1-25-24(27-19-21-9-4-2-5-10-21)26-15-8-18-29-23-13-16-28(17-14-23)20-22-11-6-3-7-12-22;/h2-7,9-12,23H,8,13-20H2,1H3,(H2,25,26,27);1H. The van der Waals surface area contributed by atoms with E-state index in [1.54, 1.807) is 7.05 Å². The number of piperidine rings is 1. The van der Waals surface area contributed by atoms with E-state index < -0.39 is 0 Å². The van der Waals surface area contributed by atoms with Gasteiger partial charge in [-0.05, 0) is 30.4 Å².